The normalized spacial score (nSPS) is 27.0. The van der Waals surface area contributed by atoms with Crippen molar-refractivity contribution in [3.05, 3.63) is 11.6 Å². The zero-order chi connectivity index (χ0) is 14.9. The maximum Gasteiger partial charge on any atom is 0.185 e. The van der Waals surface area contributed by atoms with Crippen LogP contribution in [0.3, 0.4) is 0 Å². The molecule has 0 N–H and O–H groups in total. The molecule has 2 heterocycles. The Morgan fingerprint density at radius 3 is 2.76 bits per heavy atom. The summed E-state index contributed by atoms with van der Waals surface area (Å²) in [5.41, 5.74) is 0.335. The summed E-state index contributed by atoms with van der Waals surface area (Å²) < 4.78 is 0. The number of piperazine rings is 1. The lowest BCUT2D eigenvalue weighted by Gasteiger charge is -2.39. The summed E-state index contributed by atoms with van der Waals surface area (Å²) in [6.45, 7) is 9.69. The summed E-state index contributed by atoms with van der Waals surface area (Å²) in [6, 6.07) is 0. The number of Topliss-reactive ketones (excluding diaryl/α,β-unsaturated/α-hetero) is 1. The molecular formula is C16H25N3OS. The Morgan fingerprint density at radius 1 is 1.33 bits per heavy atom. The zero-order valence-corrected chi connectivity index (χ0v) is 13.9. The lowest BCUT2D eigenvalue weighted by Crippen LogP contribution is -2.49. The summed E-state index contributed by atoms with van der Waals surface area (Å²) in [5, 5.41) is 3.16. The van der Waals surface area contributed by atoms with Crippen LogP contribution in [0.15, 0.2) is 11.6 Å². The van der Waals surface area contributed by atoms with E-state index in [1.807, 2.05) is 11.6 Å². The van der Waals surface area contributed by atoms with E-state index in [2.05, 4.69) is 28.6 Å². The number of rotatable bonds is 3. The van der Waals surface area contributed by atoms with Crippen LogP contribution in [0.1, 0.15) is 33.1 Å². The Balaban J connectivity index is 1.52. The molecule has 116 valence electrons. The molecule has 21 heavy (non-hydrogen) atoms. The zero-order valence-electron chi connectivity index (χ0n) is 13.0. The molecule has 1 atom stereocenters. The summed E-state index contributed by atoms with van der Waals surface area (Å²) >= 11 is 1.71. The van der Waals surface area contributed by atoms with Gasteiger partial charge in [-0.05, 0) is 18.3 Å². The Kier molecular flexibility index (Phi) is 4.31. The van der Waals surface area contributed by atoms with Crippen molar-refractivity contribution >= 4 is 22.3 Å². The molecule has 0 aromatic carbocycles. The molecule has 5 heteroatoms. The van der Waals surface area contributed by atoms with Crippen molar-refractivity contribution in [1.29, 1.82) is 0 Å². The molecule has 2 fully saturated rings. The van der Waals surface area contributed by atoms with Crippen molar-refractivity contribution in [3.8, 4) is 0 Å². The van der Waals surface area contributed by atoms with Crippen molar-refractivity contribution in [1.82, 2.24) is 9.88 Å². The number of anilines is 1. The molecule has 1 saturated carbocycles. The van der Waals surface area contributed by atoms with E-state index in [1.54, 1.807) is 11.3 Å². The molecule has 1 aromatic rings. The van der Waals surface area contributed by atoms with Crippen LogP contribution in [-0.4, -0.2) is 48.4 Å². The third kappa shape index (κ3) is 3.64. The molecule has 0 bridgehead atoms. The fraction of sp³-hybridized carbons (Fsp3) is 0.750. The first-order chi connectivity index (χ1) is 10.0. The van der Waals surface area contributed by atoms with Gasteiger partial charge in [0.15, 0.2) is 5.13 Å². The van der Waals surface area contributed by atoms with E-state index in [-0.39, 0.29) is 5.92 Å². The van der Waals surface area contributed by atoms with Gasteiger partial charge in [-0.1, -0.05) is 13.8 Å². The van der Waals surface area contributed by atoms with Gasteiger partial charge in [0.1, 0.15) is 5.78 Å². The number of ketones is 1. The third-order valence-electron chi connectivity index (χ3n) is 4.84. The predicted molar refractivity (Wildman–Crippen MR) is 86.9 cm³/mol. The fourth-order valence-electron chi connectivity index (χ4n) is 3.52. The average molecular weight is 307 g/mol. The number of hydrogen-bond donors (Lipinski definition) is 0. The van der Waals surface area contributed by atoms with Crippen LogP contribution < -0.4 is 4.90 Å². The molecule has 4 nitrogen and oxygen atoms in total. The highest BCUT2D eigenvalue weighted by Gasteiger charge is 2.34. The second kappa shape index (κ2) is 6.05. The Bertz CT molecular complexity index is 478. The van der Waals surface area contributed by atoms with Gasteiger partial charge in [-0.2, -0.15) is 0 Å². The van der Waals surface area contributed by atoms with Gasteiger partial charge < -0.3 is 4.90 Å². The van der Waals surface area contributed by atoms with E-state index in [9.17, 15) is 4.79 Å². The summed E-state index contributed by atoms with van der Waals surface area (Å²) in [5.74, 6) is 0.733. The van der Waals surface area contributed by atoms with E-state index < -0.39 is 0 Å². The Hall–Kier alpha value is -0.940. The number of carbonyl (C=O) groups excluding carboxylic acids is 1. The van der Waals surface area contributed by atoms with Gasteiger partial charge in [0.2, 0.25) is 0 Å². The highest BCUT2D eigenvalue weighted by Crippen LogP contribution is 2.37. The molecule has 3 rings (SSSR count). The third-order valence-corrected chi connectivity index (χ3v) is 5.68. The standard InChI is InChI=1S/C16H25N3OS/c1-16(2)4-3-14(20)13(11-16)12-18-6-8-19(9-7-18)15-17-5-10-21-15/h5,10,13H,3-4,6-9,11-12H2,1-2H3. The average Bonchev–Trinajstić information content (AvgIpc) is 2.98. The number of hydrogen-bond acceptors (Lipinski definition) is 5. The molecule has 2 aliphatic rings. The van der Waals surface area contributed by atoms with Crippen molar-refractivity contribution in [2.45, 2.75) is 33.1 Å². The van der Waals surface area contributed by atoms with Crippen molar-refractivity contribution in [3.63, 3.8) is 0 Å². The first kappa shape index (κ1) is 15.0. The number of carbonyl (C=O) groups is 1. The number of nitrogens with zero attached hydrogens (tertiary/aromatic N) is 3. The monoisotopic (exact) mass is 307 g/mol. The fourth-order valence-corrected chi connectivity index (χ4v) is 4.22. The van der Waals surface area contributed by atoms with Crippen LogP contribution in [0.2, 0.25) is 0 Å². The van der Waals surface area contributed by atoms with Crippen LogP contribution in [0.25, 0.3) is 0 Å². The maximum absolute atomic E-state index is 12.2. The molecule has 0 spiro atoms. The van der Waals surface area contributed by atoms with Gasteiger partial charge in [0.25, 0.3) is 0 Å². The molecule has 0 amide bonds. The molecule has 1 aromatic heterocycles. The van der Waals surface area contributed by atoms with Crippen LogP contribution in [0.4, 0.5) is 5.13 Å². The van der Waals surface area contributed by atoms with Crippen molar-refractivity contribution < 1.29 is 4.79 Å². The number of thiazole rings is 1. The molecule has 1 aliphatic carbocycles. The number of aromatic nitrogens is 1. The quantitative estimate of drug-likeness (QED) is 0.860. The lowest BCUT2D eigenvalue weighted by molar-refractivity contribution is -0.127. The summed E-state index contributed by atoms with van der Waals surface area (Å²) in [7, 11) is 0. The first-order valence-corrected chi connectivity index (χ1v) is 8.81. The van der Waals surface area contributed by atoms with Gasteiger partial charge in [-0.25, -0.2) is 4.98 Å². The van der Waals surface area contributed by atoms with Crippen LogP contribution in [0, 0.1) is 11.3 Å². The van der Waals surface area contributed by atoms with E-state index in [0.717, 1.165) is 57.1 Å². The van der Waals surface area contributed by atoms with Crippen LogP contribution >= 0.6 is 11.3 Å². The SMILES string of the molecule is CC1(C)CCC(=O)C(CN2CCN(c3nccs3)CC2)C1. The molecule has 1 saturated heterocycles. The second-order valence-electron chi connectivity index (χ2n) is 7.13. The molecule has 1 unspecified atom stereocenters. The van der Waals surface area contributed by atoms with Crippen molar-refractivity contribution in [2.24, 2.45) is 11.3 Å². The minimum Gasteiger partial charge on any atom is -0.346 e. The van der Waals surface area contributed by atoms with Crippen LogP contribution in [0.5, 0.6) is 0 Å². The largest absolute Gasteiger partial charge is 0.346 e. The summed E-state index contributed by atoms with van der Waals surface area (Å²) in [4.78, 5) is 21.4. The molecule has 1 aliphatic heterocycles. The predicted octanol–water partition coefficient (Wildman–Crippen LogP) is 2.66. The lowest BCUT2D eigenvalue weighted by atomic mass is 9.71. The van der Waals surface area contributed by atoms with Gasteiger partial charge in [-0.3, -0.25) is 9.69 Å². The minimum atomic E-state index is 0.250. The van der Waals surface area contributed by atoms with Crippen molar-refractivity contribution in [2.75, 3.05) is 37.6 Å². The summed E-state index contributed by atoms with van der Waals surface area (Å²) in [6.07, 6.45) is 4.75. The van der Waals surface area contributed by atoms with Gasteiger partial charge in [0.05, 0.1) is 0 Å². The smallest absolute Gasteiger partial charge is 0.185 e. The minimum absolute atomic E-state index is 0.250. The van der Waals surface area contributed by atoms with E-state index in [1.165, 1.54) is 0 Å². The topological polar surface area (TPSA) is 36.4 Å². The van der Waals surface area contributed by atoms with E-state index >= 15 is 0 Å². The van der Waals surface area contributed by atoms with Gasteiger partial charge in [-0.15, -0.1) is 11.3 Å². The highest BCUT2D eigenvalue weighted by atomic mass is 32.1. The Labute approximate surface area is 131 Å². The Morgan fingerprint density at radius 2 is 2.10 bits per heavy atom. The van der Waals surface area contributed by atoms with E-state index in [0.29, 0.717) is 11.2 Å². The highest BCUT2D eigenvalue weighted by molar-refractivity contribution is 7.13. The second-order valence-corrected chi connectivity index (χ2v) is 8.01. The van der Waals surface area contributed by atoms with Gasteiger partial charge >= 0.3 is 0 Å². The molecular weight excluding hydrogens is 282 g/mol. The van der Waals surface area contributed by atoms with Crippen LogP contribution in [-0.2, 0) is 4.79 Å². The first-order valence-electron chi connectivity index (χ1n) is 7.93. The van der Waals surface area contributed by atoms with Gasteiger partial charge in [0, 0.05) is 56.6 Å². The van der Waals surface area contributed by atoms with E-state index in [4.69, 9.17) is 0 Å². The maximum atomic E-state index is 12.2. The molecule has 0 radical (unpaired) electrons.